The molecule has 0 spiro atoms. The van der Waals surface area contributed by atoms with Crippen LogP contribution in [0.25, 0.3) is 0 Å². The number of amides is 1. The van der Waals surface area contributed by atoms with E-state index < -0.39 is 41.9 Å². The van der Waals surface area contributed by atoms with E-state index in [2.05, 4.69) is 6.07 Å². The Labute approximate surface area is 222 Å². The van der Waals surface area contributed by atoms with E-state index in [9.17, 15) is 24.3 Å². The van der Waals surface area contributed by atoms with E-state index in [0.717, 1.165) is 23.3 Å². The fourth-order valence-electron chi connectivity index (χ4n) is 4.37. The number of nitrogens with zero attached hydrogens (tertiary/aromatic N) is 2. The summed E-state index contributed by atoms with van der Waals surface area (Å²) in [4.78, 5) is 50.8. The molecule has 0 radical (unpaired) electrons. The van der Waals surface area contributed by atoms with E-state index in [4.69, 9.17) is 16.1 Å². The average Bonchev–Trinajstić information content (AvgIpc) is 2.85. The first kappa shape index (κ1) is 30.2. The Kier molecular flexibility index (Phi) is 10.7. The summed E-state index contributed by atoms with van der Waals surface area (Å²) in [6.45, 7) is 4.96. The number of carbonyl (C=O) groups excluding carboxylic acids is 2. The molecule has 0 bridgehead atoms. The second-order valence-electron chi connectivity index (χ2n) is 10.2. The molecule has 1 amide bonds. The van der Waals surface area contributed by atoms with Gasteiger partial charge < -0.3 is 20.8 Å². The zero-order valence-corrected chi connectivity index (χ0v) is 22.0. The number of benzene rings is 2. The maximum Gasteiger partial charge on any atom is 0.326 e. The molecule has 0 aliphatic heterocycles. The quantitative estimate of drug-likeness (QED) is 0.266. The van der Waals surface area contributed by atoms with Crippen LogP contribution in [0.1, 0.15) is 73.5 Å². The molecule has 9 nitrogen and oxygen atoms in total. The van der Waals surface area contributed by atoms with Crippen LogP contribution in [-0.4, -0.2) is 56.4 Å². The van der Waals surface area contributed by atoms with Gasteiger partial charge in [0.1, 0.15) is 6.04 Å². The smallest absolute Gasteiger partial charge is 0.326 e. The standard InChI is InChI=1S/C29H35N3O6/c1-29(2,3)32(27(36)23(31)17-26(34)35)24(28(37)38)16-21-9-5-6-10-22(21)25(33)11-7-4-8-19-12-14-20(18-30)15-13-19/h5-6,9-10,12-15,23-24H,4,7-8,11,16-17,31H2,1-3H3,(H,34,35)(H,37,38). The molecule has 0 heterocycles. The molecule has 38 heavy (non-hydrogen) atoms. The van der Waals surface area contributed by atoms with Crippen molar-refractivity contribution in [1.29, 1.82) is 5.26 Å². The van der Waals surface area contributed by atoms with Crippen LogP contribution in [0, 0.1) is 11.3 Å². The van der Waals surface area contributed by atoms with Crippen LogP contribution < -0.4 is 5.73 Å². The number of carboxylic acid groups (broad SMARTS) is 2. The van der Waals surface area contributed by atoms with Gasteiger partial charge in [-0.05, 0) is 63.3 Å². The Morgan fingerprint density at radius 3 is 2.18 bits per heavy atom. The molecule has 202 valence electrons. The number of aryl methyl sites for hydroxylation is 1. The Morgan fingerprint density at radius 2 is 1.63 bits per heavy atom. The third-order valence-corrected chi connectivity index (χ3v) is 6.20. The van der Waals surface area contributed by atoms with Crippen LogP contribution in [0.4, 0.5) is 0 Å². The molecule has 2 unspecified atom stereocenters. The Morgan fingerprint density at radius 1 is 1.00 bits per heavy atom. The Bertz CT molecular complexity index is 1190. The summed E-state index contributed by atoms with van der Waals surface area (Å²) in [5.74, 6) is -3.44. The van der Waals surface area contributed by atoms with E-state index in [0.29, 0.717) is 23.1 Å². The second kappa shape index (κ2) is 13.5. The van der Waals surface area contributed by atoms with Crippen molar-refractivity contribution < 1.29 is 29.4 Å². The maximum absolute atomic E-state index is 13.1. The van der Waals surface area contributed by atoms with Crippen LogP contribution in [0.2, 0.25) is 0 Å². The molecular formula is C29H35N3O6. The topological polar surface area (TPSA) is 162 Å². The number of hydrogen-bond donors (Lipinski definition) is 3. The molecule has 0 saturated heterocycles. The lowest BCUT2D eigenvalue weighted by Gasteiger charge is -2.41. The summed E-state index contributed by atoms with van der Waals surface area (Å²) in [7, 11) is 0. The molecule has 9 heteroatoms. The number of carbonyl (C=O) groups is 4. The number of nitrogens with two attached hydrogens (primary N) is 1. The first-order chi connectivity index (χ1) is 17.8. The van der Waals surface area contributed by atoms with Gasteiger partial charge in [-0.25, -0.2) is 4.79 Å². The van der Waals surface area contributed by atoms with Crippen molar-refractivity contribution in [2.75, 3.05) is 0 Å². The number of aliphatic carboxylic acids is 2. The Balaban J connectivity index is 2.17. The normalized spacial score (nSPS) is 12.7. The van der Waals surface area contributed by atoms with Crippen molar-refractivity contribution in [2.45, 2.75) is 76.9 Å². The zero-order chi connectivity index (χ0) is 28.5. The van der Waals surface area contributed by atoms with Crippen LogP contribution >= 0.6 is 0 Å². The fourth-order valence-corrected chi connectivity index (χ4v) is 4.37. The lowest BCUT2D eigenvalue weighted by atomic mass is 9.92. The first-order valence-corrected chi connectivity index (χ1v) is 12.5. The van der Waals surface area contributed by atoms with Crippen LogP contribution in [0.3, 0.4) is 0 Å². The maximum atomic E-state index is 13.1. The summed E-state index contributed by atoms with van der Waals surface area (Å²) >= 11 is 0. The number of unbranched alkanes of at least 4 members (excludes halogenated alkanes) is 1. The van der Waals surface area contributed by atoms with Gasteiger partial charge in [-0.3, -0.25) is 14.4 Å². The molecule has 0 saturated carbocycles. The molecule has 0 aliphatic carbocycles. The molecular weight excluding hydrogens is 486 g/mol. The SMILES string of the molecule is CC(C)(C)N(C(=O)C(N)CC(=O)O)C(Cc1ccccc1C(=O)CCCCc1ccc(C#N)cc1)C(=O)O. The lowest BCUT2D eigenvalue weighted by molar-refractivity contribution is -0.156. The van der Waals surface area contributed by atoms with Crippen molar-refractivity contribution in [3.05, 3.63) is 70.8 Å². The van der Waals surface area contributed by atoms with Crippen molar-refractivity contribution in [3.63, 3.8) is 0 Å². The number of rotatable bonds is 13. The summed E-state index contributed by atoms with van der Waals surface area (Å²) in [6.07, 6.45) is 1.68. The van der Waals surface area contributed by atoms with E-state index in [1.54, 1.807) is 57.2 Å². The van der Waals surface area contributed by atoms with Crippen molar-refractivity contribution >= 4 is 23.6 Å². The van der Waals surface area contributed by atoms with Gasteiger partial charge in [0.2, 0.25) is 5.91 Å². The summed E-state index contributed by atoms with van der Waals surface area (Å²) in [6, 6.07) is 13.4. The van der Waals surface area contributed by atoms with Gasteiger partial charge in [0, 0.05) is 23.9 Å². The number of nitriles is 1. The minimum atomic E-state index is -1.40. The van der Waals surface area contributed by atoms with E-state index >= 15 is 0 Å². The van der Waals surface area contributed by atoms with Crippen molar-refractivity contribution in [1.82, 2.24) is 4.90 Å². The van der Waals surface area contributed by atoms with Crippen molar-refractivity contribution in [2.24, 2.45) is 5.73 Å². The van der Waals surface area contributed by atoms with Gasteiger partial charge in [0.25, 0.3) is 0 Å². The van der Waals surface area contributed by atoms with Gasteiger partial charge in [-0.1, -0.05) is 36.4 Å². The van der Waals surface area contributed by atoms with Crippen LogP contribution in [0.5, 0.6) is 0 Å². The van der Waals surface area contributed by atoms with Gasteiger partial charge in [0.05, 0.1) is 24.1 Å². The highest BCUT2D eigenvalue weighted by atomic mass is 16.4. The second-order valence-corrected chi connectivity index (χ2v) is 10.2. The monoisotopic (exact) mass is 521 g/mol. The van der Waals surface area contributed by atoms with Gasteiger partial charge in [-0.2, -0.15) is 5.26 Å². The molecule has 0 aromatic heterocycles. The van der Waals surface area contributed by atoms with Crippen molar-refractivity contribution in [3.8, 4) is 6.07 Å². The number of carboxylic acids is 2. The van der Waals surface area contributed by atoms with Gasteiger partial charge >= 0.3 is 11.9 Å². The van der Waals surface area contributed by atoms with Crippen LogP contribution in [0.15, 0.2) is 48.5 Å². The molecule has 2 atom stereocenters. The fraction of sp³-hybridized carbons (Fsp3) is 0.414. The number of Topliss-reactive ketones (excluding diaryl/α,β-unsaturated/α-hetero) is 1. The van der Waals surface area contributed by atoms with E-state index in [1.165, 1.54) is 0 Å². The molecule has 2 rings (SSSR count). The van der Waals surface area contributed by atoms with Gasteiger partial charge in [-0.15, -0.1) is 0 Å². The van der Waals surface area contributed by atoms with Gasteiger partial charge in [0.15, 0.2) is 5.78 Å². The zero-order valence-electron chi connectivity index (χ0n) is 22.0. The summed E-state index contributed by atoms with van der Waals surface area (Å²) in [5.41, 5.74) is 7.40. The predicted octanol–water partition coefficient (Wildman–Crippen LogP) is 3.58. The predicted molar refractivity (Wildman–Crippen MR) is 141 cm³/mol. The molecule has 2 aromatic carbocycles. The largest absolute Gasteiger partial charge is 0.481 e. The molecule has 0 aliphatic rings. The minimum Gasteiger partial charge on any atom is -0.481 e. The molecule has 2 aromatic rings. The third-order valence-electron chi connectivity index (χ3n) is 6.20. The highest BCUT2D eigenvalue weighted by molar-refractivity contribution is 5.98. The highest BCUT2D eigenvalue weighted by Gasteiger charge is 2.40. The van der Waals surface area contributed by atoms with E-state index in [-0.39, 0.29) is 18.6 Å². The van der Waals surface area contributed by atoms with Crippen LogP contribution in [-0.2, 0) is 27.2 Å². The number of ketones is 1. The third kappa shape index (κ3) is 8.53. The Hall–Kier alpha value is -4.03. The first-order valence-electron chi connectivity index (χ1n) is 12.5. The van der Waals surface area contributed by atoms with E-state index in [1.807, 2.05) is 12.1 Å². The molecule has 0 fully saturated rings. The summed E-state index contributed by atoms with van der Waals surface area (Å²) in [5, 5.41) is 28.0. The minimum absolute atomic E-state index is 0.124. The molecule has 4 N–H and O–H groups in total. The summed E-state index contributed by atoms with van der Waals surface area (Å²) < 4.78 is 0. The average molecular weight is 522 g/mol. The number of hydrogen-bond acceptors (Lipinski definition) is 6. The highest BCUT2D eigenvalue weighted by Crippen LogP contribution is 2.24. The lowest BCUT2D eigenvalue weighted by Crippen LogP contribution is -2.60.